The Morgan fingerprint density at radius 1 is 1.00 bits per heavy atom. The number of aliphatic hydroxyl groups excluding tert-OH is 1. The number of nitrogens with zero attached hydrogens (tertiary/aromatic N) is 3. The first-order chi connectivity index (χ1) is 12.6. The molecule has 5 N–H and O–H groups in total. The Balaban J connectivity index is 0.00000261. The molecule has 0 atom stereocenters. The SMILES string of the molecule is Cl.NC(=Nc1cccc(Oc2ccccc2)c1)N=C(N)N1CCC(O)CC1. The van der Waals surface area contributed by atoms with Crippen LogP contribution in [0.5, 0.6) is 11.5 Å². The standard InChI is InChI=1S/C19H23N5O2.ClH/c20-18(23-19(21)24-11-9-15(25)10-12-24)22-14-5-4-8-17(13-14)26-16-6-2-1-3-7-16;/h1-8,13,15,25H,9-12H2,(H4,20,21,22,23);1H. The molecule has 1 aliphatic rings. The van der Waals surface area contributed by atoms with E-state index in [9.17, 15) is 5.11 Å². The molecule has 0 amide bonds. The molecule has 1 aliphatic heterocycles. The van der Waals surface area contributed by atoms with Crippen molar-refractivity contribution in [2.75, 3.05) is 13.1 Å². The molecule has 1 fully saturated rings. The highest BCUT2D eigenvalue weighted by Gasteiger charge is 2.18. The Bertz CT molecular complexity index is 790. The van der Waals surface area contributed by atoms with Crippen LogP contribution in [-0.2, 0) is 0 Å². The van der Waals surface area contributed by atoms with Crippen LogP contribution < -0.4 is 16.2 Å². The second kappa shape index (κ2) is 9.80. The van der Waals surface area contributed by atoms with Crippen molar-refractivity contribution in [1.82, 2.24) is 4.90 Å². The zero-order valence-corrected chi connectivity index (χ0v) is 15.7. The first-order valence-electron chi connectivity index (χ1n) is 8.54. The highest BCUT2D eigenvalue weighted by molar-refractivity contribution is 5.94. The van der Waals surface area contributed by atoms with E-state index < -0.39 is 0 Å². The molecule has 1 heterocycles. The van der Waals surface area contributed by atoms with Gasteiger partial charge in [-0.3, -0.25) is 0 Å². The Morgan fingerprint density at radius 2 is 1.67 bits per heavy atom. The summed E-state index contributed by atoms with van der Waals surface area (Å²) in [7, 11) is 0. The van der Waals surface area contributed by atoms with Gasteiger partial charge < -0.3 is 26.2 Å². The zero-order chi connectivity index (χ0) is 18.4. The van der Waals surface area contributed by atoms with Crippen molar-refractivity contribution in [3.63, 3.8) is 0 Å². The summed E-state index contributed by atoms with van der Waals surface area (Å²) in [6, 6.07) is 16.8. The average molecular weight is 390 g/mol. The van der Waals surface area contributed by atoms with E-state index in [0.29, 0.717) is 43.3 Å². The molecule has 0 aliphatic carbocycles. The Labute approximate surface area is 164 Å². The lowest BCUT2D eigenvalue weighted by Crippen LogP contribution is -2.44. The number of hydrogen-bond donors (Lipinski definition) is 3. The van der Waals surface area contributed by atoms with Gasteiger partial charge in [-0.2, -0.15) is 4.99 Å². The normalized spacial score (nSPS) is 16.0. The van der Waals surface area contributed by atoms with Crippen LogP contribution in [0.15, 0.2) is 64.6 Å². The van der Waals surface area contributed by atoms with Gasteiger partial charge in [-0.25, -0.2) is 4.99 Å². The van der Waals surface area contributed by atoms with E-state index in [1.807, 2.05) is 53.4 Å². The van der Waals surface area contributed by atoms with Crippen LogP contribution in [0.2, 0.25) is 0 Å². The summed E-state index contributed by atoms with van der Waals surface area (Å²) < 4.78 is 5.78. The fraction of sp³-hybridized carbons (Fsp3) is 0.263. The molecule has 1 saturated heterocycles. The minimum Gasteiger partial charge on any atom is -0.457 e. The lowest BCUT2D eigenvalue weighted by molar-refractivity contribution is 0.109. The van der Waals surface area contributed by atoms with Gasteiger partial charge in [-0.1, -0.05) is 24.3 Å². The van der Waals surface area contributed by atoms with Gasteiger partial charge in [0.2, 0.25) is 5.96 Å². The molecule has 0 saturated carbocycles. The number of guanidine groups is 2. The maximum Gasteiger partial charge on any atom is 0.223 e. The first kappa shape index (κ1) is 20.5. The van der Waals surface area contributed by atoms with Crippen LogP contribution in [0.3, 0.4) is 0 Å². The number of halogens is 1. The van der Waals surface area contributed by atoms with Crippen LogP contribution in [0, 0.1) is 0 Å². The van der Waals surface area contributed by atoms with Gasteiger partial charge in [0.25, 0.3) is 0 Å². The molecule has 0 radical (unpaired) electrons. The fourth-order valence-electron chi connectivity index (χ4n) is 2.68. The van der Waals surface area contributed by atoms with Crippen molar-refractivity contribution < 1.29 is 9.84 Å². The number of hydrogen-bond acceptors (Lipinski definition) is 3. The molecule has 0 aromatic heterocycles. The fourth-order valence-corrected chi connectivity index (χ4v) is 2.68. The van der Waals surface area contributed by atoms with Crippen molar-refractivity contribution >= 4 is 30.0 Å². The number of aliphatic hydroxyl groups is 1. The molecule has 0 spiro atoms. The Hall–Kier alpha value is -2.77. The maximum absolute atomic E-state index is 9.55. The minimum absolute atomic E-state index is 0. The molecular weight excluding hydrogens is 366 g/mol. The smallest absolute Gasteiger partial charge is 0.223 e. The summed E-state index contributed by atoms with van der Waals surface area (Å²) in [6.07, 6.45) is 1.08. The summed E-state index contributed by atoms with van der Waals surface area (Å²) in [6.45, 7) is 1.31. The highest BCUT2D eigenvalue weighted by atomic mass is 35.5. The molecule has 27 heavy (non-hydrogen) atoms. The summed E-state index contributed by atoms with van der Waals surface area (Å²) in [4.78, 5) is 10.3. The number of rotatable bonds is 3. The van der Waals surface area contributed by atoms with Crippen molar-refractivity contribution in [2.45, 2.75) is 18.9 Å². The second-order valence-corrected chi connectivity index (χ2v) is 6.07. The summed E-state index contributed by atoms with van der Waals surface area (Å²) in [5, 5.41) is 9.55. The van der Waals surface area contributed by atoms with Crippen LogP contribution in [0.1, 0.15) is 12.8 Å². The van der Waals surface area contributed by atoms with E-state index in [2.05, 4.69) is 9.98 Å². The van der Waals surface area contributed by atoms with Crippen molar-refractivity contribution in [2.24, 2.45) is 21.5 Å². The monoisotopic (exact) mass is 389 g/mol. The van der Waals surface area contributed by atoms with Crippen LogP contribution in [-0.4, -0.2) is 41.1 Å². The number of piperidine rings is 1. The molecule has 2 aromatic carbocycles. The molecule has 2 aromatic rings. The highest BCUT2D eigenvalue weighted by Crippen LogP contribution is 2.25. The van der Waals surface area contributed by atoms with E-state index in [-0.39, 0.29) is 24.5 Å². The average Bonchev–Trinajstić information content (AvgIpc) is 2.63. The van der Waals surface area contributed by atoms with E-state index >= 15 is 0 Å². The summed E-state index contributed by atoms with van der Waals surface area (Å²) in [5.74, 6) is 1.80. The van der Waals surface area contributed by atoms with E-state index in [1.54, 1.807) is 6.07 Å². The molecule has 7 nitrogen and oxygen atoms in total. The topological polar surface area (TPSA) is 109 Å². The van der Waals surface area contributed by atoms with Gasteiger partial charge in [0, 0.05) is 19.2 Å². The molecular formula is C19H24ClN5O2. The number of nitrogens with two attached hydrogens (primary N) is 2. The molecule has 0 unspecified atom stereocenters. The van der Waals surface area contributed by atoms with Crippen molar-refractivity contribution in [3.05, 3.63) is 54.6 Å². The zero-order valence-electron chi connectivity index (χ0n) is 14.9. The maximum atomic E-state index is 9.55. The van der Waals surface area contributed by atoms with Crippen LogP contribution in [0.4, 0.5) is 5.69 Å². The lowest BCUT2D eigenvalue weighted by atomic mass is 10.1. The number of para-hydroxylation sites is 1. The number of benzene rings is 2. The van der Waals surface area contributed by atoms with E-state index in [1.165, 1.54) is 0 Å². The van der Waals surface area contributed by atoms with Gasteiger partial charge in [0.1, 0.15) is 11.5 Å². The predicted octanol–water partition coefficient (Wildman–Crippen LogP) is 2.62. The predicted molar refractivity (Wildman–Crippen MR) is 110 cm³/mol. The van der Waals surface area contributed by atoms with Crippen molar-refractivity contribution in [1.29, 1.82) is 0 Å². The Kier molecular flexibility index (Phi) is 7.45. The quantitative estimate of drug-likeness (QED) is 0.552. The molecule has 144 valence electrons. The van der Waals surface area contributed by atoms with E-state index in [0.717, 1.165) is 5.75 Å². The van der Waals surface area contributed by atoms with E-state index in [4.69, 9.17) is 16.2 Å². The summed E-state index contributed by atoms with van der Waals surface area (Å²) in [5.41, 5.74) is 12.5. The lowest BCUT2D eigenvalue weighted by Gasteiger charge is -2.30. The number of likely N-dealkylation sites (tertiary alicyclic amines) is 1. The molecule has 0 bridgehead atoms. The molecule has 8 heteroatoms. The van der Waals surface area contributed by atoms with Crippen LogP contribution >= 0.6 is 12.4 Å². The first-order valence-corrected chi connectivity index (χ1v) is 8.54. The second-order valence-electron chi connectivity index (χ2n) is 6.07. The van der Waals surface area contributed by atoms with Gasteiger partial charge in [-0.15, -0.1) is 12.4 Å². The molecule has 3 rings (SSSR count). The van der Waals surface area contributed by atoms with Gasteiger partial charge in [-0.05, 0) is 37.1 Å². The van der Waals surface area contributed by atoms with Crippen LogP contribution in [0.25, 0.3) is 0 Å². The third kappa shape index (κ3) is 6.16. The largest absolute Gasteiger partial charge is 0.457 e. The van der Waals surface area contributed by atoms with Crippen molar-refractivity contribution in [3.8, 4) is 11.5 Å². The Morgan fingerprint density at radius 3 is 2.37 bits per heavy atom. The van der Waals surface area contributed by atoms with Gasteiger partial charge in [0.05, 0.1) is 11.8 Å². The third-order valence-corrected chi connectivity index (χ3v) is 4.06. The summed E-state index contributed by atoms with van der Waals surface area (Å²) >= 11 is 0. The van der Waals surface area contributed by atoms with Gasteiger partial charge in [0.15, 0.2) is 5.96 Å². The number of aliphatic imine (C=N–C) groups is 2. The third-order valence-electron chi connectivity index (χ3n) is 4.06. The van der Waals surface area contributed by atoms with Gasteiger partial charge >= 0.3 is 0 Å². The number of ether oxygens (including phenoxy) is 1. The minimum atomic E-state index is -0.266.